The molecule has 154 valence electrons. The van der Waals surface area contributed by atoms with Gasteiger partial charge in [0.05, 0.1) is 34.6 Å². The second kappa shape index (κ2) is 9.19. The molecule has 0 fully saturated rings. The second-order valence-electron chi connectivity index (χ2n) is 6.21. The van der Waals surface area contributed by atoms with Crippen molar-refractivity contribution in [1.29, 1.82) is 0 Å². The molecule has 0 bridgehead atoms. The van der Waals surface area contributed by atoms with Crippen LogP contribution in [0.25, 0.3) is 11.3 Å². The van der Waals surface area contributed by atoms with Crippen molar-refractivity contribution in [3.8, 4) is 17.0 Å². The molecule has 2 aromatic carbocycles. The molecule has 0 aliphatic carbocycles. The van der Waals surface area contributed by atoms with E-state index in [0.29, 0.717) is 11.4 Å². The summed E-state index contributed by atoms with van der Waals surface area (Å²) in [4.78, 5) is 39.2. The number of benzene rings is 2. The Balaban J connectivity index is 1.65. The Hall–Kier alpha value is -3.72. The van der Waals surface area contributed by atoms with Crippen LogP contribution >= 0.6 is 11.6 Å². The van der Waals surface area contributed by atoms with Crippen molar-refractivity contribution in [3.05, 3.63) is 85.9 Å². The molecule has 9 nitrogen and oxygen atoms in total. The van der Waals surface area contributed by atoms with E-state index >= 15 is 0 Å². The van der Waals surface area contributed by atoms with Gasteiger partial charge < -0.3 is 10.1 Å². The van der Waals surface area contributed by atoms with Gasteiger partial charge >= 0.3 is 0 Å². The van der Waals surface area contributed by atoms with Gasteiger partial charge in [0.2, 0.25) is 0 Å². The lowest BCUT2D eigenvalue weighted by Crippen LogP contribution is -2.31. The number of methoxy groups -OCH3 is 1. The van der Waals surface area contributed by atoms with Gasteiger partial charge in [-0.2, -0.15) is 0 Å². The number of halogens is 1. The number of rotatable bonds is 7. The number of non-ortho nitro benzene ring substituents is 1. The highest BCUT2D eigenvalue weighted by Gasteiger charge is 2.15. The fourth-order valence-electron chi connectivity index (χ4n) is 2.70. The summed E-state index contributed by atoms with van der Waals surface area (Å²) in [7, 11) is 1.57. The van der Waals surface area contributed by atoms with Crippen LogP contribution in [0.5, 0.6) is 5.75 Å². The lowest BCUT2D eigenvalue weighted by Gasteiger charge is -2.09. The minimum Gasteiger partial charge on any atom is -0.497 e. The Kier molecular flexibility index (Phi) is 6.43. The van der Waals surface area contributed by atoms with E-state index in [1.54, 1.807) is 31.4 Å². The Morgan fingerprint density at radius 1 is 1.23 bits per heavy atom. The summed E-state index contributed by atoms with van der Waals surface area (Å²) in [6, 6.07) is 12.2. The Labute approximate surface area is 176 Å². The van der Waals surface area contributed by atoms with E-state index in [9.17, 15) is 19.7 Å². The maximum absolute atomic E-state index is 12.3. The molecule has 0 aliphatic heterocycles. The van der Waals surface area contributed by atoms with Crippen molar-refractivity contribution in [2.75, 3.05) is 13.7 Å². The maximum Gasteiger partial charge on any atom is 0.270 e. The molecule has 0 saturated carbocycles. The number of ether oxygens (including phenoxy) is 1. The third kappa shape index (κ3) is 4.81. The van der Waals surface area contributed by atoms with Crippen LogP contribution in [0.2, 0.25) is 5.02 Å². The van der Waals surface area contributed by atoms with Gasteiger partial charge in [-0.1, -0.05) is 11.6 Å². The summed E-state index contributed by atoms with van der Waals surface area (Å²) in [5, 5.41) is 13.6. The third-order valence-corrected chi connectivity index (χ3v) is 4.64. The van der Waals surface area contributed by atoms with Crippen LogP contribution in [0, 0.1) is 10.1 Å². The van der Waals surface area contributed by atoms with Gasteiger partial charge in [0, 0.05) is 36.9 Å². The number of aromatic nitrogens is 2. The quantitative estimate of drug-likeness (QED) is 0.457. The second-order valence-corrected chi connectivity index (χ2v) is 6.62. The van der Waals surface area contributed by atoms with Crippen molar-refractivity contribution >= 4 is 23.2 Å². The molecule has 1 aromatic heterocycles. The molecule has 3 rings (SSSR count). The zero-order valence-corrected chi connectivity index (χ0v) is 16.6. The molecule has 1 N–H and O–H groups in total. The van der Waals surface area contributed by atoms with Crippen molar-refractivity contribution in [1.82, 2.24) is 14.9 Å². The molecule has 0 atom stereocenters. The highest BCUT2D eigenvalue weighted by molar-refractivity contribution is 6.33. The molecule has 0 unspecified atom stereocenters. The number of hydrogen-bond acceptors (Lipinski definition) is 6. The van der Waals surface area contributed by atoms with Crippen LogP contribution < -0.4 is 15.6 Å². The lowest BCUT2D eigenvalue weighted by molar-refractivity contribution is -0.384. The third-order valence-electron chi connectivity index (χ3n) is 4.31. The normalized spacial score (nSPS) is 10.5. The number of nitrogens with zero attached hydrogens (tertiary/aromatic N) is 3. The fourth-order valence-corrected chi connectivity index (χ4v) is 2.90. The predicted octanol–water partition coefficient (Wildman–Crippen LogP) is 2.91. The van der Waals surface area contributed by atoms with Crippen LogP contribution in [0.15, 0.2) is 59.7 Å². The van der Waals surface area contributed by atoms with Crippen LogP contribution in [-0.4, -0.2) is 34.0 Å². The SMILES string of the molecule is COc1ccc(-c2cc(=O)n(CCNC(=O)c3cc([N+](=O)[O-])ccc3Cl)cn2)cc1. The molecule has 30 heavy (non-hydrogen) atoms. The molecular formula is C20H17ClN4O5. The summed E-state index contributed by atoms with van der Waals surface area (Å²) in [6.45, 7) is 0.286. The van der Waals surface area contributed by atoms with Crippen LogP contribution in [0.4, 0.5) is 5.69 Å². The number of nitro groups is 1. The molecule has 1 amide bonds. The number of amides is 1. The molecular weight excluding hydrogens is 412 g/mol. The van der Waals surface area contributed by atoms with E-state index in [4.69, 9.17) is 16.3 Å². The van der Waals surface area contributed by atoms with E-state index in [1.165, 1.54) is 29.1 Å². The summed E-state index contributed by atoms with van der Waals surface area (Å²) >= 11 is 5.96. The van der Waals surface area contributed by atoms with Crippen molar-refractivity contribution in [2.24, 2.45) is 0 Å². The Morgan fingerprint density at radius 2 is 1.97 bits per heavy atom. The minimum absolute atomic E-state index is 0.00816. The number of carbonyl (C=O) groups excluding carboxylic acids is 1. The molecule has 0 spiro atoms. The molecule has 10 heteroatoms. The predicted molar refractivity (Wildman–Crippen MR) is 111 cm³/mol. The van der Waals surface area contributed by atoms with E-state index in [1.807, 2.05) is 0 Å². The van der Waals surface area contributed by atoms with Gasteiger partial charge in [-0.25, -0.2) is 4.98 Å². The van der Waals surface area contributed by atoms with Gasteiger partial charge in [-0.3, -0.25) is 24.3 Å². The van der Waals surface area contributed by atoms with Crippen LogP contribution in [0.3, 0.4) is 0 Å². The number of nitro benzene ring substituents is 1. The minimum atomic E-state index is -0.608. The van der Waals surface area contributed by atoms with Crippen molar-refractivity contribution in [2.45, 2.75) is 6.54 Å². The van der Waals surface area contributed by atoms with Crippen LogP contribution in [0.1, 0.15) is 10.4 Å². The molecule has 0 aliphatic rings. The molecule has 1 heterocycles. The standard InChI is InChI=1S/C20H17ClN4O5/c1-30-15-5-2-13(3-6-15)18-11-19(26)24(12-23-18)9-8-22-20(27)16-10-14(25(28)29)4-7-17(16)21/h2-7,10-12H,8-9H2,1H3,(H,22,27). The van der Waals surface area contributed by atoms with Crippen molar-refractivity contribution in [3.63, 3.8) is 0 Å². The summed E-state index contributed by atoms with van der Waals surface area (Å²) < 4.78 is 6.46. The maximum atomic E-state index is 12.3. The first-order valence-electron chi connectivity index (χ1n) is 8.82. The first kappa shape index (κ1) is 21.0. The highest BCUT2D eigenvalue weighted by atomic mass is 35.5. The van der Waals surface area contributed by atoms with Crippen molar-refractivity contribution < 1.29 is 14.5 Å². The average Bonchev–Trinajstić information content (AvgIpc) is 2.75. The Bertz CT molecular complexity index is 1140. The topological polar surface area (TPSA) is 116 Å². The molecule has 0 saturated heterocycles. The van der Waals surface area contributed by atoms with Gasteiger partial charge in [0.15, 0.2) is 0 Å². The van der Waals surface area contributed by atoms with E-state index < -0.39 is 10.8 Å². The van der Waals surface area contributed by atoms with Gasteiger partial charge in [-0.15, -0.1) is 0 Å². The van der Waals surface area contributed by atoms with E-state index in [2.05, 4.69) is 10.3 Å². The van der Waals surface area contributed by atoms with Gasteiger partial charge in [0.1, 0.15) is 5.75 Å². The number of carbonyl (C=O) groups is 1. The summed E-state index contributed by atoms with van der Waals surface area (Å²) in [6.07, 6.45) is 1.40. The smallest absolute Gasteiger partial charge is 0.270 e. The Morgan fingerprint density at radius 3 is 2.60 bits per heavy atom. The summed E-state index contributed by atoms with van der Waals surface area (Å²) in [5.41, 5.74) is 0.767. The summed E-state index contributed by atoms with van der Waals surface area (Å²) in [5.74, 6) is 0.131. The molecule has 3 aromatic rings. The monoisotopic (exact) mass is 428 g/mol. The zero-order valence-electron chi connectivity index (χ0n) is 15.9. The first-order valence-corrected chi connectivity index (χ1v) is 9.20. The number of hydrogen-bond donors (Lipinski definition) is 1. The molecule has 0 radical (unpaired) electrons. The van der Waals surface area contributed by atoms with Gasteiger partial charge in [-0.05, 0) is 30.3 Å². The highest BCUT2D eigenvalue weighted by Crippen LogP contribution is 2.22. The van der Waals surface area contributed by atoms with Crippen LogP contribution in [-0.2, 0) is 6.54 Å². The number of nitrogens with one attached hydrogen (secondary N) is 1. The zero-order chi connectivity index (χ0) is 21.7. The van der Waals surface area contributed by atoms with E-state index in [-0.39, 0.29) is 34.9 Å². The first-order chi connectivity index (χ1) is 14.4. The fraction of sp³-hybridized carbons (Fsp3) is 0.150. The van der Waals surface area contributed by atoms with Gasteiger partial charge in [0.25, 0.3) is 17.2 Å². The average molecular weight is 429 g/mol. The largest absolute Gasteiger partial charge is 0.497 e. The lowest BCUT2D eigenvalue weighted by atomic mass is 10.1. The van der Waals surface area contributed by atoms with E-state index in [0.717, 1.165) is 11.6 Å².